The van der Waals surface area contributed by atoms with Gasteiger partial charge in [0.1, 0.15) is 11.9 Å². The fourth-order valence-corrected chi connectivity index (χ4v) is 1.88. The van der Waals surface area contributed by atoms with Crippen molar-refractivity contribution in [1.29, 1.82) is 0 Å². The number of hydrogen-bond acceptors (Lipinski definition) is 8. The van der Waals surface area contributed by atoms with Crippen LogP contribution in [0.3, 0.4) is 0 Å². The zero-order valence-corrected chi connectivity index (χ0v) is 13.0. The summed E-state index contributed by atoms with van der Waals surface area (Å²) in [5.74, 6) is -1.20. The number of aliphatic carboxylic acids is 1. The maximum absolute atomic E-state index is 11.8. The molecule has 9 nitrogen and oxygen atoms in total. The van der Waals surface area contributed by atoms with E-state index in [1.807, 2.05) is 0 Å². The molecule has 1 fully saturated rings. The first-order chi connectivity index (χ1) is 11.6. The molecule has 3 atom stereocenters. The molecular formula is C13H19F3N4O5. The minimum Gasteiger partial charge on any atom is -0.480 e. The molecule has 2 heterocycles. The lowest BCUT2D eigenvalue weighted by molar-refractivity contribution is -0.141. The van der Waals surface area contributed by atoms with Crippen molar-refractivity contribution in [2.45, 2.75) is 30.9 Å². The highest BCUT2D eigenvalue weighted by Crippen LogP contribution is 2.26. The summed E-state index contributed by atoms with van der Waals surface area (Å²) in [6.45, 7) is 0.435. The van der Waals surface area contributed by atoms with Gasteiger partial charge in [0.05, 0.1) is 31.1 Å². The van der Waals surface area contributed by atoms with E-state index < -0.39 is 36.2 Å². The van der Waals surface area contributed by atoms with Crippen LogP contribution in [0.2, 0.25) is 0 Å². The van der Waals surface area contributed by atoms with Gasteiger partial charge in [-0.3, -0.25) is 9.78 Å². The first kappa shape index (κ1) is 21.0. The van der Waals surface area contributed by atoms with Gasteiger partial charge in [-0.1, -0.05) is 0 Å². The van der Waals surface area contributed by atoms with E-state index in [9.17, 15) is 28.2 Å². The number of nitrogens with two attached hydrogens (primary N) is 1. The predicted molar refractivity (Wildman–Crippen MR) is 78.3 cm³/mol. The summed E-state index contributed by atoms with van der Waals surface area (Å²) in [6, 6.07) is 0. The number of carboxylic acid groups (broad SMARTS) is 1. The van der Waals surface area contributed by atoms with E-state index >= 15 is 0 Å². The van der Waals surface area contributed by atoms with Gasteiger partial charge in [0.25, 0.3) is 0 Å². The van der Waals surface area contributed by atoms with Gasteiger partial charge < -0.3 is 31.1 Å². The van der Waals surface area contributed by atoms with Gasteiger partial charge in [-0.15, -0.1) is 0 Å². The van der Waals surface area contributed by atoms with Crippen molar-refractivity contribution in [2.24, 2.45) is 0 Å². The van der Waals surface area contributed by atoms with E-state index in [-0.39, 0.29) is 18.9 Å². The molecular weight excluding hydrogens is 349 g/mol. The van der Waals surface area contributed by atoms with Crippen LogP contribution in [0.1, 0.15) is 12.1 Å². The quantitative estimate of drug-likeness (QED) is 0.462. The van der Waals surface area contributed by atoms with Crippen molar-refractivity contribution < 1.29 is 38.0 Å². The topological polar surface area (TPSA) is 151 Å². The predicted octanol–water partition coefficient (Wildman–Crippen LogP) is -0.751. The van der Waals surface area contributed by atoms with E-state index in [0.717, 1.165) is 6.20 Å². The van der Waals surface area contributed by atoms with Crippen molar-refractivity contribution in [3.8, 4) is 0 Å². The van der Waals surface area contributed by atoms with Crippen molar-refractivity contribution >= 4 is 11.8 Å². The second-order valence-corrected chi connectivity index (χ2v) is 5.11. The highest BCUT2D eigenvalue weighted by molar-refractivity contribution is 5.68. The Kier molecular flexibility index (Phi) is 7.96. The molecule has 12 heteroatoms. The molecule has 0 spiro atoms. The molecule has 0 bridgehead atoms. The molecule has 0 saturated carbocycles. The zero-order valence-electron chi connectivity index (χ0n) is 13.0. The lowest BCUT2D eigenvalue weighted by Crippen LogP contribution is -2.49. The molecule has 1 saturated heterocycles. The van der Waals surface area contributed by atoms with Gasteiger partial charge in [0, 0.05) is 13.2 Å². The number of aliphatic hydroxyl groups excluding tert-OH is 2. The third-order valence-corrected chi connectivity index (χ3v) is 3.09. The highest BCUT2D eigenvalue weighted by Gasteiger charge is 2.33. The molecule has 0 aliphatic carbocycles. The summed E-state index contributed by atoms with van der Waals surface area (Å²) in [4.78, 5) is 16.4. The number of anilines is 1. The Labute approximate surface area is 140 Å². The maximum atomic E-state index is 11.8. The molecule has 1 aliphatic heterocycles. The Hall–Kier alpha value is -2.02. The second-order valence-electron chi connectivity index (χ2n) is 5.11. The minimum absolute atomic E-state index is 0.178. The Morgan fingerprint density at radius 1 is 1.40 bits per heavy atom. The first-order valence-corrected chi connectivity index (χ1v) is 7.16. The Morgan fingerprint density at radius 2 is 2.08 bits per heavy atom. The van der Waals surface area contributed by atoms with Crippen LogP contribution in [0, 0.1) is 0 Å². The van der Waals surface area contributed by atoms with Crippen molar-refractivity contribution in [3.63, 3.8) is 0 Å². The molecule has 0 amide bonds. The van der Waals surface area contributed by atoms with E-state index in [2.05, 4.69) is 15.3 Å². The van der Waals surface area contributed by atoms with Gasteiger partial charge in [-0.25, -0.2) is 4.98 Å². The number of halogens is 3. The monoisotopic (exact) mass is 368 g/mol. The molecule has 0 radical (unpaired) electrons. The fourth-order valence-electron chi connectivity index (χ4n) is 1.88. The zero-order chi connectivity index (χ0) is 19.0. The van der Waals surface area contributed by atoms with Crippen LogP contribution < -0.4 is 11.1 Å². The van der Waals surface area contributed by atoms with Gasteiger partial charge >= 0.3 is 12.1 Å². The normalized spacial score (nSPS) is 23.5. The number of ether oxygens (including phenoxy) is 1. The third-order valence-electron chi connectivity index (χ3n) is 3.09. The summed E-state index contributed by atoms with van der Waals surface area (Å²) >= 11 is 0. The van der Waals surface area contributed by atoms with Crippen molar-refractivity contribution in [3.05, 3.63) is 18.1 Å². The van der Waals surface area contributed by atoms with Crippen LogP contribution in [0.25, 0.3) is 0 Å². The largest absolute Gasteiger partial charge is 0.480 e. The van der Waals surface area contributed by atoms with Gasteiger partial charge in [-0.05, 0) is 6.42 Å². The Bertz CT molecular complexity index is 561. The van der Waals surface area contributed by atoms with E-state index in [1.165, 1.54) is 0 Å². The van der Waals surface area contributed by atoms with Crippen molar-refractivity contribution in [2.75, 3.05) is 25.4 Å². The summed E-state index contributed by atoms with van der Waals surface area (Å²) in [5.41, 5.74) is 3.91. The highest BCUT2D eigenvalue weighted by atomic mass is 19.4. The van der Waals surface area contributed by atoms with Gasteiger partial charge in [-0.2, -0.15) is 13.2 Å². The van der Waals surface area contributed by atoms with E-state index in [4.69, 9.17) is 15.6 Å². The average Bonchev–Trinajstić information content (AvgIpc) is 2.51. The summed E-state index contributed by atoms with van der Waals surface area (Å²) in [6.07, 6.45) is -4.63. The number of carbonyl (C=O) groups is 1. The number of rotatable bonds is 4. The summed E-state index contributed by atoms with van der Waals surface area (Å²) < 4.78 is 40.6. The molecule has 25 heavy (non-hydrogen) atoms. The molecule has 1 aliphatic rings. The standard InChI is InChI=1S/C8H15NO5.C5H4F3N3/c10-5-1-2-14-6(8(5)13)3-9-4-7(11)12;6-5(7,8)3-1-10-2-4(9)11-3/h5-6,8-10,13H,1-4H2,(H,11,12);1-2H,(H2,9,11). The number of alkyl halides is 3. The number of aliphatic hydroxyl groups is 2. The van der Waals surface area contributed by atoms with Gasteiger partial charge in [0.2, 0.25) is 0 Å². The lowest BCUT2D eigenvalue weighted by Gasteiger charge is -2.31. The molecule has 2 rings (SSSR count). The van der Waals surface area contributed by atoms with Crippen LogP contribution in [-0.4, -0.2) is 69.3 Å². The average molecular weight is 368 g/mol. The Balaban J connectivity index is 0.000000257. The van der Waals surface area contributed by atoms with Crippen LogP contribution in [0.5, 0.6) is 0 Å². The number of nitrogens with zero attached hydrogens (tertiary/aromatic N) is 2. The summed E-state index contributed by atoms with van der Waals surface area (Å²) in [5, 5.41) is 29.7. The smallest absolute Gasteiger partial charge is 0.434 e. The van der Waals surface area contributed by atoms with Crippen LogP contribution >= 0.6 is 0 Å². The molecule has 3 unspecified atom stereocenters. The van der Waals surface area contributed by atoms with Crippen molar-refractivity contribution in [1.82, 2.24) is 15.3 Å². The first-order valence-electron chi connectivity index (χ1n) is 7.16. The molecule has 0 aromatic carbocycles. The number of nitrogen functional groups attached to an aromatic ring is 1. The van der Waals surface area contributed by atoms with Crippen LogP contribution in [-0.2, 0) is 15.7 Å². The summed E-state index contributed by atoms with van der Waals surface area (Å²) in [7, 11) is 0. The van der Waals surface area contributed by atoms with E-state index in [0.29, 0.717) is 19.2 Å². The van der Waals surface area contributed by atoms with Crippen LogP contribution in [0.4, 0.5) is 19.0 Å². The molecule has 1 aromatic heterocycles. The van der Waals surface area contributed by atoms with E-state index in [1.54, 1.807) is 0 Å². The third kappa shape index (κ3) is 7.60. The fraction of sp³-hybridized carbons (Fsp3) is 0.615. The molecule has 1 aromatic rings. The molecule has 142 valence electrons. The number of nitrogens with one attached hydrogen (secondary N) is 1. The second kappa shape index (κ2) is 9.46. The number of carboxylic acids is 1. The Morgan fingerprint density at radius 3 is 2.60 bits per heavy atom. The SMILES string of the molecule is Nc1cncc(C(F)(F)F)n1.O=C(O)CNCC1OCCC(O)C1O. The number of hydrogen-bond donors (Lipinski definition) is 5. The minimum atomic E-state index is -4.47. The van der Waals surface area contributed by atoms with Gasteiger partial charge in [0.15, 0.2) is 5.69 Å². The lowest BCUT2D eigenvalue weighted by atomic mass is 10.0. The number of aromatic nitrogens is 2. The maximum Gasteiger partial charge on any atom is 0.434 e. The molecule has 6 N–H and O–H groups in total. The van der Waals surface area contributed by atoms with Crippen LogP contribution in [0.15, 0.2) is 12.4 Å².